The Hall–Kier alpha value is -0.880. The van der Waals surface area contributed by atoms with E-state index in [1.165, 1.54) is 0 Å². The van der Waals surface area contributed by atoms with E-state index in [0.29, 0.717) is 11.7 Å². The molecular formula is C13H20BrClN4O. The van der Waals surface area contributed by atoms with Crippen LogP contribution >= 0.6 is 27.5 Å². The molecule has 0 bridgehead atoms. The third kappa shape index (κ3) is 5.25. The minimum atomic E-state index is -0.330. The second-order valence-corrected chi connectivity index (χ2v) is 6.40. The van der Waals surface area contributed by atoms with Gasteiger partial charge in [0, 0.05) is 25.2 Å². The first-order chi connectivity index (χ1) is 9.31. The Labute approximate surface area is 133 Å². The smallest absolute Gasteiger partial charge is 0.224 e. The van der Waals surface area contributed by atoms with Gasteiger partial charge in [0.15, 0.2) is 0 Å². The molecule has 1 amide bonds. The van der Waals surface area contributed by atoms with Crippen molar-refractivity contribution in [1.29, 1.82) is 0 Å². The van der Waals surface area contributed by atoms with E-state index in [1.54, 1.807) is 6.20 Å². The molecule has 0 aliphatic heterocycles. The maximum Gasteiger partial charge on any atom is 0.224 e. The summed E-state index contributed by atoms with van der Waals surface area (Å²) < 4.78 is 0.752. The van der Waals surface area contributed by atoms with E-state index < -0.39 is 0 Å². The Morgan fingerprint density at radius 3 is 2.70 bits per heavy atom. The first kappa shape index (κ1) is 17.2. The first-order valence-electron chi connectivity index (χ1n) is 6.54. The van der Waals surface area contributed by atoms with Gasteiger partial charge in [-0.15, -0.1) is 0 Å². The summed E-state index contributed by atoms with van der Waals surface area (Å²) in [5, 5.41) is 0.184. The summed E-state index contributed by atoms with van der Waals surface area (Å²) in [6.45, 7) is 7.03. The number of anilines is 1. The molecule has 1 atom stereocenters. The van der Waals surface area contributed by atoms with Crippen LogP contribution in [0.4, 0.5) is 5.82 Å². The topological polar surface area (TPSA) is 72.1 Å². The Morgan fingerprint density at radius 2 is 2.15 bits per heavy atom. The molecule has 112 valence electrons. The zero-order valence-corrected chi connectivity index (χ0v) is 14.3. The van der Waals surface area contributed by atoms with Gasteiger partial charge in [-0.2, -0.15) is 4.98 Å². The van der Waals surface area contributed by atoms with Crippen molar-refractivity contribution in [1.82, 2.24) is 9.97 Å². The predicted octanol–water partition coefficient (Wildman–Crippen LogP) is 3.01. The van der Waals surface area contributed by atoms with E-state index in [4.69, 9.17) is 17.3 Å². The maximum atomic E-state index is 11.2. The standard InChI is InChI=1S/C13H20BrClN4O/c1-8(2)4-5-19(9(3)6-11(16)20)12-10(14)7-17-13(15)18-12/h7-9H,4-6H2,1-3H3,(H2,16,20). The third-order valence-corrected chi connectivity index (χ3v) is 3.69. The molecule has 1 unspecified atom stereocenters. The number of halogens is 2. The normalized spacial score (nSPS) is 12.5. The molecule has 0 aliphatic carbocycles. The van der Waals surface area contributed by atoms with Gasteiger partial charge in [-0.05, 0) is 46.8 Å². The van der Waals surface area contributed by atoms with Gasteiger partial charge in [0.1, 0.15) is 5.82 Å². The highest BCUT2D eigenvalue weighted by atomic mass is 79.9. The highest BCUT2D eigenvalue weighted by molar-refractivity contribution is 9.10. The van der Waals surface area contributed by atoms with Crippen LogP contribution in [0.15, 0.2) is 10.7 Å². The Balaban J connectivity index is 3.01. The van der Waals surface area contributed by atoms with E-state index in [9.17, 15) is 4.79 Å². The van der Waals surface area contributed by atoms with Crippen molar-refractivity contribution >= 4 is 39.3 Å². The van der Waals surface area contributed by atoms with Gasteiger partial charge in [0.2, 0.25) is 11.2 Å². The quantitative estimate of drug-likeness (QED) is 0.756. The fraction of sp³-hybridized carbons (Fsp3) is 0.615. The van der Waals surface area contributed by atoms with Crippen LogP contribution in [0.3, 0.4) is 0 Å². The van der Waals surface area contributed by atoms with Crippen LogP contribution in [-0.4, -0.2) is 28.5 Å². The molecule has 2 N–H and O–H groups in total. The lowest BCUT2D eigenvalue weighted by atomic mass is 10.1. The first-order valence-corrected chi connectivity index (χ1v) is 7.71. The van der Waals surface area contributed by atoms with Gasteiger partial charge in [-0.3, -0.25) is 4.79 Å². The van der Waals surface area contributed by atoms with E-state index in [0.717, 1.165) is 17.4 Å². The number of hydrogen-bond acceptors (Lipinski definition) is 4. The highest BCUT2D eigenvalue weighted by Crippen LogP contribution is 2.27. The molecule has 0 aliphatic rings. The van der Waals surface area contributed by atoms with Crippen LogP contribution in [0.1, 0.15) is 33.6 Å². The van der Waals surface area contributed by atoms with Gasteiger partial charge in [-0.25, -0.2) is 4.98 Å². The lowest BCUT2D eigenvalue weighted by molar-refractivity contribution is -0.118. The summed E-state index contributed by atoms with van der Waals surface area (Å²) in [5.74, 6) is 0.914. The molecule has 0 fully saturated rings. The van der Waals surface area contributed by atoms with Crippen molar-refractivity contribution in [3.8, 4) is 0 Å². The van der Waals surface area contributed by atoms with Crippen molar-refractivity contribution in [2.24, 2.45) is 11.7 Å². The minimum absolute atomic E-state index is 0.0477. The van der Waals surface area contributed by atoms with Gasteiger partial charge >= 0.3 is 0 Å². The van der Waals surface area contributed by atoms with Gasteiger partial charge in [0.05, 0.1) is 4.47 Å². The van der Waals surface area contributed by atoms with Gasteiger partial charge < -0.3 is 10.6 Å². The zero-order chi connectivity index (χ0) is 15.3. The van der Waals surface area contributed by atoms with E-state index in [-0.39, 0.29) is 23.7 Å². The summed E-state index contributed by atoms with van der Waals surface area (Å²) in [7, 11) is 0. The highest BCUT2D eigenvalue weighted by Gasteiger charge is 2.21. The summed E-state index contributed by atoms with van der Waals surface area (Å²) in [5.41, 5.74) is 5.30. The van der Waals surface area contributed by atoms with Gasteiger partial charge in [-0.1, -0.05) is 13.8 Å². The van der Waals surface area contributed by atoms with Crippen molar-refractivity contribution in [2.45, 2.75) is 39.7 Å². The number of primary amides is 1. The van der Waals surface area contributed by atoms with E-state index >= 15 is 0 Å². The molecular weight excluding hydrogens is 344 g/mol. The molecule has 0 saturated heterocycles. The second-order valence-electron chi connectivity index (χ2n) is 5.21. The van der Waals surface area contributed by atoms with Crippen LogP contribution in [0.25, 0.3) is 0 Å². The van der Waals surface area contributed by atoms with Crippen LogP contribution in [0.2, 0.25) is 5.28 Å². The van der Waals surface area contributed by atoms with Crippen LogP contribution in [-0.2, 0) is 4.79 Å². The molecule has 20 heavy (non-hydrogen) atoms. The minimum Gasteiger partial charge on any atom is -0.370 e. The largest absolute Gasteiger partial charge is 0.370 e. The molecule has 0 saturated carbocycles. The Kier molecular flexibility index (Phi) is 6.68. The van der Waals surface area contributed by atoms with Crippen LogP contribution in [0, 0.1) is 5.92 Å². The average Bonchev–Trinajstić information content (AvgIpc) is 2.32. The molecule has 1 aromatic rings. The van der Waals surface area contributed by atoms with Crippen molar-refractivity contribution in [3.05, 3.63) is 16.0 Å². The zero-order valence-electron chi connectivity index (χ0n) is 11.9. The SMILES string of the molecule is CC(C)CCN(c1nc(Cl)ncc1Br)C(C)CC(N)=O. The number of carbonyl (C=O) groups is 1. The number of hydrogen-bond donors (Lipinski definition) is 1. The number of nitrogens with zero attached hydrogens (tertiary/aromatic N) is 3. The molecule has 0 aromatic carbocycles. The number of aromatic nitrogens is 2. The van der Waals surface area contributed by atoms with Crippen molar-refractivity contribution in [3.63, 3.8) is 0 Å². The van der Waals surface area contributed by atoms with E-state index in [2.05, 4.69) is 39.7 Å². The molecule has 1 rings (SSSR count). The van der Waals surface area contributed by atoms with Crippen molar-refractivity contribution < 1.29 is 4.79 Å². The van der Waals surface area contributed by atoms with E-state index in [1.807, 2.05) is 11.8 Å². The molecule has 1 aromatic heterocycles. The summed E-state index contributed by atoms with van der Waals surface area (Å²) in [6.07, 6.45) is 2.87. The van der Waals surface area contributed by atoms with Crippen LogP contribution < -0.4 is 10.6 Å². The average molecular weight is 364 g/mol. The fourth-order valence-corrected chi connectivity index (χ4v) is 2.42. The summed E-state index contributed by atoms with van der Waals surface area (Å²) in [6, 6.07) is -0.0477. The molecule has 1 heterocycles. The molecule has 0 radical (unpaired) electrons. The number of amides is 1. The predicted molar refractivity (Wildman–Crippen MR) is 84.8 cm³/mol. The molecule has 7 heteroatoms. The Bertz CT molecular complexity index is 470. The second kappa shape index (κ2) is 7.78. The molecule has 5 nitrogen and oxygen atoms in total. The lowest BCUT2D eigenvalue weighted by Gasteiger charge is -2.31. The number of carbonyl (C=O) groups excluding carboxylic acids is 1. The maximum absolute atomic E-state index is 11.2. The lowest BCUT2D eigenvalue weighted by Crippen LogP contribution is -2.38. The summed E-state index contributed by atoms with van der Waals surface area (Å²) >= 11 is 9.30. The number of rotatable bonds is 7. The third-order valence-electron chi connectivity index (χ3n) is 2.94. The van der Waals surface area contributed by atoms with Crippen molar-refractivity contribution in [2.75, 3.05) is 11.4 Å². The fourth-order valence-electron chi connectivity index (χ4n) is 1.87. The monoisotopic (exact) mass is 362 g/mol. The van der Waals surface area contributed by atoms with Crippen LogP contribution in [0.5, 0.6) is 0 Å². The summed E-state index contributed by atoms with van der Waals surface area (Å²) in [4.78, 5) is 21.4. The Morgan fingerprint density at radius 1 is 1.50 bits per heavy atom. The number of nitrogens with two attached hydrogens (primary N) is 1. The molecule has 0 spiro atoms. The van der Waals surface area contributed by atoms with Gasteiger partial charge in [0.25, 0.3) is 0 Å².